The number of ether oxygens (including phenoxy) is 2. The Balaban J connectivity index is 1.60. The van der Waals surface area contributed by atoms with Crippen molar-refractivity contribution >= 4 is 10.8 Å². The molecule has 0 unspecified atom stereocenters. The van der Waals surface area contributed by atoms with E-state index in [1.54, 1.807) is 14.2 Å². The summed E-state index contributed by atoms with van der Waals surface area (Å²) in [7, 11) is 3.43. The summed E-state index contributed by atoms with van der Waals surface area (Å²) in [6.45, 7) is 3.12. The normalized spacial score (nSPS) is 21.2. The average Bonchev–Trinajstić information content (AvgIpc) is 3.47. The third-order valence-electron chi connectivity index (χ3n) is 6.03. The molecule has 140 valence electrons. The van der Waals surface area contributed by atoms with Crippen LogP contribution in [0.3, 0.4) is 0 Å². The number of rotatable bonds is 7. The molecule has 0 aliphatic heterocycles. The predicted molar refractivity (Wildman–Crippen MR) is 111 cm³/mol. The van der Waals surface area contributed by atoms with Gasteiger partial charge in [0.1, 0.15) is 11.5 Å². The highest BCUT2D eigenvalue weighted by Crippen LogP contribution is 2.53. The van der Waals surface area contributed by atoms with Crippen molar-refractivity contribution in [1.29, 1.82) is 0 Å². The molecule has 3 heteroatoms. The van der Waals surface area contributed by atoms with E-state index in [2.05, 4.69) is 66.8 Å². The Labute approximate surface area is 161 Å². The molecule has 3 aromatic rings. The number of fused-ring (bicyclic) bond motifs is 1. The van der Waals surface area contributed by atoms with Crippen LogP contribution in [0.15, 0.2) is 60.7 Å². The van der Waals surface area contributed by atoms with Crippen LogP contribution in [0.2, 0.25) is 0 Å². The zero-order chi connectivity index (χ0) is 18.9. The highest BCUT2D eigenvalue weighted by atomic mass is 16.5. The van der Waals surface area contributed by atoms with Crippen molar-refractivity contribution in [2.75, 3.05) is 14.2 Å². The molecule has 0 aromatic heterocycles. The van der Waals surface area contributed by atoms with Crippen molar-refractivity contribution in [2.24, 2.45) is 0 Å². The molecule has 0 radical (unpaired) electrons. The van der Waals surface area contributed by atoms with Gasteiger partial charge in [-0.05, 0) is 53.6 Å². The van der Waals surface area contributed by atoms with E-state index >= 15 is 0 Å². The third kappa shape index (κ3) is 3.28. The maximum Gasteiger partial charge on any atom is 0.126 e. The first-order valence-corrected chi connectivity index (χ1v) is 9.64. The molecule has 1 saturated carbocycles. The van der Waals surface area contributed by atoms with Crippen molar-refractivity contribution in [2.45, 2.75) is 37.8 Å². The Morgan fingerprint density at radius 1 is 0.963 bits per heavy atom. The zero-order valence-electron chi connectivity index (χ0n) is 16.3. The predicted octanol–water partition coefficient (Wildman–Crippen LogP) is 5.28. The van der Waals surface area contributed by atoms with Gasteiger partial charge in [0.05, 0.1) is 14.2 Å². The van der Waals surface area contributed by atoms with Gasteiger partial charge in [-0.3, -0.25) is 0 Å². The van der Waals surface area contributed by atoms with Gasteiger partial charge in [0.25, 0.3) is 0 Å². The largest absolute Gasteiger partial charge is 0.497 e. The molecule has 4 rings (SSSR count). The standard InChI is InChI=1S/C24H27NO2/c1-4-24(15-22(24)17-8-6-5-7-9-17)25-16-18-10-13-23(27-3)20-12-11-19(26-2)14-21(18)20/h5-14,22,25H,4,15-16H2,1-3H3/t22-,24+/m0/s1. The lowest BCUT2D eigenvalue weighted by molar-refractivity contribution is 0.414. The lowest BCUT2D eigenvalue weighted by Gasteiger charge is -2.19. The molecule has 1 fully saturated rings. The van der Waals surface area contributed by atoms with E-state index in [4.69, 9.17) is 9.47 Å². The summed E-state index contributed by atoms with van der Waals surface area (Å²) >= 11 is 0. The van der Waals surface area contributed by atoms with Crippen LogP contribution in [0, 0.1) is 0 Å². The van der Waals surface area contributed by atoms with Crippen molar-refractivity contribution < 1.29 is 9.47 Å². The number of nitrogens with one attached hydrogen (secondary N) is 1. The van der Waals surface area contributed by atoms with Crippen LogP contribution in [-0.2, 0) is 6.54 Å². The molecule has 0 heterocycles. The van der Waals surface area contributed by atoms with Crippen LogP contribution in [0.25, 0.3) is 10.8 Å². The molecular weight excluding hydrogens is 334 g/mol. The smallest absolute Gasteiger partial charge is 0.126 e. The number of benzene rings is 3. The lowest BCUT2D eigenvalue weighted by atomic mass is 10.0. The van der Waals surface area contributed by atoms with Crippen molar-refractivity contribution in [1.82, 2.24) is 5.32 Å². The Hall–Kier alpha value is -2.52. The molecular formula is C24H27NO2. The number of methoxy groups -OCH3 is 2. The second-order valence-electron chi connectivity index (χ2n) is 7.37. The molecule has 2 atom stereocenters. The SMILES string of the molecule is CC[C@@]1(NCc2ccc(OC)c3ccc(OC)cc23)C[C@H]1c1ccccc1. The summed E-state index contributed by atoms with van der Waals surface area (Å²) in [6.07, 6.45) is 2.33. The molecule has 27 heavy (non-hydrogen) atoms. The Morgan fingerprint density at radius 2 is 1.78 bits per heavy atom. The average molecular weight is 361 g/mol. The minimum atomic E-state index is 0.201. The molecule has 0 spiro atoms. The lowest BCUT2D eigenvalue weighted by Crippen LogP contribution is -2.32. The summed E-state index contributed by atoms with van der Waals surface area (Å²) in [4.78, 5) is 0. The quantitative estimate of drug-likeness (QED) is 0.621. The van der Waals surface area contributed by atoms with Crippen molar-refractivity contribution in [3.05, 3.63) is 71.8 Å². The van der Waals surface area contributed by atoms with E-state index in [1.165, 1.54) is 22.9 Å². The van der Waals surface area contributed by atoms with Crippen LogP contribution >= 0.6 is 0 Å². The fourth-order valence-electron chi connectivity index (χ4n) is 4.23. The molecule has 3 nitrogen and oxygen atoms in total. The van der Waals surface area contributed by atoms with Gasteiger partial charge in [-0.15, -0.1) is 0 Å². The van der Waals surface area contributed by atoms with Gasteiger partial charge in [-0.25, -0.2) is 0 Å². The number of hydrogen-bond acceptors (Lipinski definition) is 3. The second kappa shape index (κ2) is 7.24. The van der Waals surface area contributed by atoms with Crippen LogP contribution in [0.4, 0.5) is 0 Å². The van der Waals surface area contributed by atoms with Crippen LogP contribution < -0.4 is 14.8 Å². The molecule has 3 aromatic carbocycles. The Kier molecular flexibility index (Phi) is 4.79. The Bertz CT molecular complexity index is 938. The van der Waals surface area contributed by atoms with E-state index in [0.717, 1.165) is 29.9 Å². The summed E-state index contributed by atoms with van der Waals surface area (Å²) in [6, 6.07) is 21.3. The second-order valence-corrected chi connectivity index (χ2v) is 7.37. The minimum Gasteiger partial charge on any atom is -0.497 e. The maximum atomic E-state index is 5.55. The molecule has 1 N–H and O–H groups in total. The first-order chi connectivity index (χ1) is 13.2. The highest BCUT2D eigenvalue weighted by molar-refractivity contribution is 5.92. The van der Waals surface area contributed by atoms with E-state index in [-0.39, 0.29) is 5.54 Å². The monoisotopic (exact) mass is 361 g/mol. The van der Waals surface area contributed by atoms with Gasteiger partial charge in [0.15, 0.2) is 0 Å². The van der Waals surface area contributed by atoms with Gasteiger partial charge in [0.2, 0.25) is 0 Å². The molecule has 1 aliphatic carbocycles. The van der Waals surface area contributed by atoms with E-state index in [0.29, 0.717) is 5.92 Å². The Morgan fingerprint density at radius 3 is 2.48 bits per heavy atom. The summed E-state index contributed by atoms with van der Waals surface area (Å²) in [5.41, 5.74) is 2.91. The molecule has 1 aliphatic rings. The summed E-state index contributed by atoms with van der Waals surface area (Å²) in [5.74, 6) is 2.37. The minimum absolute atomic E-state index is 0.201. The van der Waals surface area contributed by atoms with E-state index in [1.807, 2.05) is 6.07 Å². The maximum absolute atomic E-state index is 5.55. The van der Waals surface area contributed by atoms with Gasteiger partial charge >= 0.3 is 0 Å². The van der Waals surface area contributed by atoms with Crippen molar-refractivity contribution in [3.8, 4) is 11.5 Å². The van der Waals surface area contributed by atoms with Crippen LogP contribution in [-0.4, -0.2) is 19.8 Å². The fourth-order valence-corrected chi connectivity index (χ4v) is 4.23. The van der Waals surface area contributed by atoms with E-state index in [9.17, 15) is 0 Å². The molecule has 0 bridgehead atoms. The topological polar surface area (TPSA) is 30.5 Å². The highest BCUT2D eigenvalue weighted by Gasteiger charge is 2.52. The third-order valence-corrected chi connectivity index (χ3v) is 6.03. The van der Waals surface area contributed by atoms with Crippen LogP contribution in [0.5, 0.6) is 11.5 Å². The van der Waals surface area contributed by atoms with Gasteiger partial charge in [0, 0.05) is 23.4 Å². The van der Waals surface area contributed by atoms with Gasteiger partial charge < -0.3 is 14.8 Å². The first kappa shape index (κ1) is 17.9. The van der Waals surface area contributed by atoms with Gasteiger partial charge in [-0.2, -0.15) is 0 Å². The molecule has 0 saturated heterocycles. The number of hydrogen-bond donors (Lipinski definition) is 1. The zero-order valence-corrected chi connectivity index (χ0v) is 16.3. The molecule has 0 amide bonds. The fraction of sp³-hybridized carbons (Fsp3) is 0.333. The van der Waals surface area contributed by atoms with Crippen molar-refractivity contribution in [3.63, 3.8) is 0 Å². The summed E-state index contributed by atoms with van der Waals surface area (Å²) < 4.78 is 11.0. The van der Waals surface area contributed by atoms with Crippen LogP contribution in [0.1, 0.15) is 36.8 Å². The summed E-state index contributed by atoms with van der Waals surface area (Å²) in [5, 5.41) is 6.18. The van der Waals surface area contributed by atoms with E-state index < -0.39 is 0 Å². The van der Waals surface area contributed by atoms with Gasteiger partial charge in [-0.1, -0.05) is 43.3 Å². The first-order valence-electron chi connectivity index (χ1n) is 9.64.